The average molecular weight is 277 g/mol. The van der Waals surface area contributed by atoms with Crippen molar-refractivity contribution in [2.45, 2.75) is 19.9 Å². The van der Waals surface area contributed by atoms with Gasteiger partial charge in [-0.25, -0.2) is 4.79 Å². The summed E-state index contributed by atoms with van der Waals surface area (Å²) in [4.78, 5) is 23.7. The number of rotatable bonds is 6. The summed E-state index contributed by atoms with van der Waals surface area (Å²) in [6, 6.07) is 6.44. The molecule has 0 heterocycles. The van der Waals surface area contributed by atoms with Crippen molar-refractivity contribution < 1.29 is 19.4 Å². The maximum absolute atomic E-state index is 11.8. The lowest BCUT2D eigenvalue weighted by atomic mass is 10.2. The second-order valence-corrected chi connectivity index (χ2v) is 4.30. The monoisotopic (exact) mass is 277 g/mol. The van der Waals surface area contributed by atoms with Crippen LogP contribution in [0.2, 0.25) is 0 Å². The maximum atomic E-state index is 11.8. The minimum atomic E-state index is -1.03. The second kappa shape index (κ2) is 7.33. The smallest absolute Gasteiger partial charge is 0.326 e. The van der Waals surface area contributed by atoms with Crippen LogP contribution in [0.15, 0.2) is 30.3 Å². The summed E-state index contributed by atoms with van der Waals surface area (Å²) < 4.78 is 5.32. The number of nitrogens with zero attached hydrogens (tertiary/aromatic N) is 1. The number of amides is 1. The third-order valence-corrected chi connectivity index (χ3v) is 2.90. The lowest BCUT2D eigenvalue weighted by Crippen LogP contribution is -2.39. The molecule has 1 N–H and O–H groups in total. The molecule has 5 nitrogen and oxygen atoms in total. The zero-order valence-corrected chi connectivity index (χ0v) is 11.9. The Kier molecular flexibility index (Phi) is 5.77. The molecule has 0 radical (unpaired) electrons. The Morgan fingerprint density at radius 3 is 2.45 bits per heavy atom. The van der Waals surface area contributed by atoms with Gasteiger partial charge < -0.3 is 14.7 Å². The van der Waals surface area contributed by atoms with Crippen molar-refractivity contribution in [3.8, 4) is 5.75 Å². The van der Waals surface area contributed by atoms with Crippen LogP contribution in [-0.4, -0.2) is 41.6 Å². The van der Waals surface area contributed by atoms with Crippen molar-refractivity contribution in [1.29, 1.82) is 0 Å². The van der Waals surface area contributed by atoms with E-state index < -0.39 is 12.0 Å². The minimum Gasteiger partial charge on any atom is -0.494 e. The van der Waals surface area contributed by atoms with Crippen molar-refractivity contribution in [2.75, 3.05) is 13.7 Å². The molecule has 1 atom stereocenters. The molecule has 0 spiro atoms. The molecule has 1 aromatic carbocycles. The van der Waals surface area contributed by atoms with Gasteiger partial charge in [-0.15, -0.1) is 0 Å². The lowest BCUT2D eigenvalue weighted by molar-refractivity contribution is -0.146. The van der Waals surface area contributed by atoms with E-state index in [1.54, 1.807) is 6.08 Å². The van der Waals surface area contributed by atoms with Crippen LogP contribution in [0.5, 0.6) is 5.75 Å². The number of ether oxygens (including phenoxy) is 1. The summed E-state index contributed by atoms with van der Waals surface area (Å²) >= 11 is 0. The summed E-state index contributed by atoms with van der Waals surface area (Å²) in [7, 11) is 1.46. The van der Waals surface area contributed by atoms with Crippen LogP contribution in [-0.2, 0) is 9.59 Å². The number of carboxylic acid groups (broad SMARTS) is 1. The van der Waals surface area contributed by atoms with Crippen LogP contribution in [0.1, 0.15) is 19.4 Å². The van der Waals surface area contributed by atoms with Gasteiger partial charge in [-0.05, 0) is 37.6 Å². The van der Waals surface area contributed by atoms with Crippen LogP contribution >= 0.6 is 0 Å². The third kappa shape index (κ3) is 4.42. The maximum Gasteiger partial charge on any atom is 0.326 e. The highest BCUT2D eigenvalue weighted by molar-refractivity contribution is 5.94. The van der Waals surface area contributed by atoms with Crippen molar-refractivity contribution in [3.05, 3.63) is 35.9 Å². The summed E-state index contributed by atoms with van der Waals surface area (Å²) in [6.07, 6.45) is 3.00. The quantitative estimate of drug-likeness (QED) is 0.808. The number of likely N-dealkylation sites (N-methyl/N-ethyl adjacent to an activating group) is 1. The predicted octanol–water partition coefficient (Wildman–Crippen LogP) is 2.03. The molecule has 0 saturated heterocycles. The molecule has 20 heavy (non-hydrogen) atoms. The van der Waals surface area contributed by atoms with Crippen LogP contribution in [0.4, 0.5) is 0 Å². The van der Waals surface area contributed by atoms with Crippen molar-refractivity contribution in [1.82, 2.24) is 4.90 Å². The molecule has 1 unspecified atom stereocenters. The Bertz CT molecular complexity index is 493. The zero-order valence-electron chi connectivity index (χ0n) is 11.9. The fourth-order valence-corrected chi connectivity index (χ4v) is 1.48. The van der Waals surface area contributed by atoms with Gasteiger partial charge in [0.15, 0.2) is 0 Å². The van der Waals surface area contributed by atoms with Crippen molar-refractivity contribution >= 4 is 18.0 Å². The van der Waals surface area contributed by atoms with E-state index in [1.807, 2.05) is 31.2 Å². The van der Waals surface area contributed by atoms with E-state index in [2.05, 4.69) is 0 Å². The number of carboxylic acids is 1. The molecular weight excluding hydrogens is 258 g/mol. The number of hydrogen-bond acceptors (Lipinski definition) is 3. The molecule has 0 aromatic heterocycles. The van der Waals surface area contributed by atoms with E-state index in [9.17, 15) is 9.59 Å². The fourth-order valence-electron chi connectivity index (χ4n) is 1.48. The minimum absolute atomic E-state index is 0.353. The zero-order chi connectivity index (χ0) is 15.1. The largest absolute Gasteiger partial charge is 0.494 e. The highest BCUT2D eigenvalue weighted by Gasteiger charge is 2.19. The third-order valence-electron chi connectivity index (χ3n) is 2.90. The fraction of sp³-hybridized carbons (Fsp3) is 0.333. The first kappa shape index (κ1) is 15.8. The van der Waals surface area contributed by atoms with Gasteiger partial charge in [0.25, 0.3) is 0 Å². The van der Waals surface area contributed by atoms with Crippen LogP contribution in [0, 0.1) is 0 Å². The predicted molar refractivity (Wildman–Crippen MR) is 76.5 cm³/mol. The van der Waals surface area contributed by atoms with E-state index in [-0.39, 0.29) is 5.91 Å². The van der Waals surface area contributed by atoms with Gasteiger partial charge in [0.05, 0.1) is 6.61 Å². The van der Waals surface area contributed by atoms with E-state index in [0.29, 0.717) is 6.61 Å². The van der Waals surface area contributed by atoms with Gasteiger partial charge in [-0.3, -0.25) is 4.79 Å². The molecule has 0 aliphatic heterocycles. The normalized spacial score (nSPS) is 12.2. The molecule has 0 bridgehead atoms. The van der Waals surface area contributed by atoms with Gasteiger partial charge in [0.1, 0.15) is 11.8 Å². The highest BCUT2D eigenvalue weighted by Crippen LogP contribution is 2.13. The summed E-state index contributed by atoms with van der Waals surface area (Å²) in [6.45, 7) is 3.97. The molecule has 5 heteroatoms. The van der Waals surface area contributed by atoms with Crippen LogP contribution in [0.3, 0.4) is 0 Å². The van der Waals surface area contributed by atoms with E-state index in [0.717, 1.165) is 11.3 Å². The van der Waals surface area contributed by atoms with Gasteiger partial charge in [-0.1, -0.05) is 12.1 Å². The number of hydrogen-bond donors (Lipinski definition) is 1. The molecular formula is C15H19NO4. The lowest BCUT2D eigenvalue weighted by Gasteiger charge is -2.19. The molecule has 0 aliphatic rings. The van der Waals surface area contributed by atoms with Gasteiger partial charge in [0.2, 0.25) is 5.91 Å². The first-order chi connectivity index (χ1) is 9.45. The molecule has 108 valence electrons. The van der Waals surface area contributed by atoms with Crippen molar-refractivity contribution in [3.63, 3.8) is 0 Å². The highest BCUT2D eigenvalue weighted by atomic mass is 16.5. The standard InChI is InChI=1S/C15H19NO4/c1-4-20-13-8-5-12(6-9-13)7-10-14(17)16(3)11(2)15(18)19/h5-11H,4H2,1-3H3,(H,18,19). The topological polar surface area (TPSA) is 66.8 Å². The first-order valence-corrected chi connectivity index (χ1v) is 6.36. The van der Waals surface area contributed by atoms with E-state index >= 15 is 0 Å². The first-order valence-electron chi connectivity index (χ1n) is 6.36. The number of carbonyl (C=O) groups excluding carboxylic acids is 1. The number of carbonyl (C=O) groups is 2. The Hall–Kier alpha value is -2.30. The molecule has 0 fully saturated rings. The van der Waals surface area contributed by atoms with E-state index in [4.69, 9.17) is 9.84 Å². The second-order valence-electron chi connectivity index (χ2n) is 4.30. The van der Waals surface area contributed by atoms with Crippen molar-refractivity contribution in [2.24, 2.45) is 0 Å². The van der Waals surface area contributed by atoms with Crippen LogP contribution < -0.4 is 4.74 Å². The number of aliphatic carboxylic acids is 1. The molecule has 1 amide bonds. The van der Waals surface area contributed by atoms with Gasteiger partial charge in [-0.2, -0.15) is 0 Å². The van der Waals surface area contributed by atoms with Crippen LogP contribution in [0.25, 0.3) is 6.08 Å². The average Bonchev–Trinajstić information content (AvgIpc) is 2.44. The van der Waals surface area contributed by atoms with Gasteiger partial charge >= 0.3 is 5.97 Å². The van der Waals surface area contributed by atoms with Gasteiger partial charge in [0, 0.05) is 13.1 Å². The SMILES string of the molecule is CCOc1ccc(C=CC(=O)N(C)C(C)C(=O)O)cc1. The molecule has 0 saturated carbocycles. The molecule has 1 aromatic rings. The Morgan fingerprint density at radius 2 is 1.95 bits per heavy atom. The number of benzene rings is 1. The molecule has 0 aliphatic carbocycles. The Balaban J connectivity index is 2.67. The summed E-state index contributed by atoms with van der Waals surface area (Å²) in [5.74, 6) is -0.614. The Morgan fingerprint density at radius 1 is 1.35 bits per heavy atom. The molecule has 1 rings (SSSR count). The summed E-state index contributed by atoms with van der Waals surface area (Å²) in [5.41, 5.74) is 0.846. The summed E-state index contributed by atoms with van der Waals surface area (Å²) in [5, 5.41) is 8.84. The Labute approximate surface area is 118 Å². The van der Waals surface area contributed by atoms with E-state index in [1.165, 1.54) is 24.9 Å².